The van der Waals surface area contributed by atoms with Crippen molar-refractivity contribution in [1.82, 2.24) is 10.2 Å². The summed E-state index contributed by atoms with van der Waals surface area (Å²) in [6.07, 6.45) is 3.53. The van der Waals surface area contributed by atoms with Crippen LogP contribution in [0.3, 0.4) is 0 Å². The molecule has 0 bridgehead atoms. The van der Waals surface area contributed by atoms with Crippen molar-refractivity contribution in [3.05, 3.63) is 0 Å². The van der Waals surface area contributed by atoms with E-state index in [4.69, 9.17) is 5.73 Å². The Morgan fingerprint density at radius 1 is 1.50 bits per heavy atom. The number of carbonyl (C=O) groups excluding carboxylic acids is 1. The predicted molar refractivity (Wildman–Crippen MR) is 72.2 cm³/mol. The van der Waals surface area contributed by atoms with Crippen LogP contribution in [0.4, 0.5) is 0 Å². The van der Waals surface area contributed by atoms with Crippen molar-refractivity contribution in [2.45, 2.75) is 51.2 Å². The number of likely N-dealkylation sites (tertiary alicyclic amines) is 1. The third kappa shape index (κ3) is 5.80. The maximum atomic E-state index is 11.7. The molecule has 4 N–H and O–H groups in total. The van der Waals surface area contributed by atoms with E-state index in [1.807, 2.05) is 6.92 Å². The Kier molecular flexibility index (Phi) is 6.05. The average molecular weight is 257 g/mol. The van der Waals surface area contributed by atoms with Gasteiger partial charge in [0.25, 0.3) is 0 Å². The fourth-order valence-corrected chi connectivity index (χ4v) is 2.29. The lowest BCUT2D eigenvalue weighted by molar-refractivity contribution is -0.123. The lowest BCUT2D eigenvalue weighted by Crippen LogP contribution is -2.47. The zero-order chi connectivity index (χ0) is 13.6. The summed E-state index contributed by atoms with van der Waals surface area (Å²) in [5, 5.41) is 12.8. The predicted octanol–water partition coefficient (Wildman–Crippen LogP) is 0.0768. The van der Waals surface area contributed by atoms with Crippen molar-refractivity contribution in [1.29, 1.82) is 0 Å². The number of carbonyl (C=O) groups is 1. The Morgan fingerprint density at radius 2 is 2.11 bits per heavy atom. The highest BCUT2D eigenvalue weighted by Crippen LogP contribution is 2.10. The van der Waals surface area contributed by atoms with Crippen molar-refractivity contribution < 1.29 is 9.90 Å². The number of hydrogen-bond donors (Lipinski definition) is 3. The van der Waals surface area contributed by atoms with Crippen LogP contribution < -0.4 is 11.1 Å². The van der Waals surface area contributed by atoms with Gasteiger partial charge >= 0.3 is 0 Å². The molecule has 1 rings (SSSR count). The maximum absolute atomic E-state index is 11.7. The molecule has 1 unspecified atom stereocenters. The summed E-state index contributed by atoms with van der Waals surface area (Å²) in [6, 6.07) is 0.287. The first-order valence-corrected chi connectivity index (χ1v) is 6.90. The molecule has 1 aliphatic heterocycles. The van der Waals surface area contributed by atoms with E-state index in [-0.39, 0.29) is 11.9 Å². The van der Waals surface area contributed by atoms with Gasteiger partial charge < -0.3 is 16.2 Å². The van der Waals surface area contributed by atoms with Crippen LogP contribution in [-0.2, 0) is 4.79 Å². The molecule has 1 fully saturated rings. The first-order chi connectivity index (χ1) is 8.43. The molecule has 106 valence electrons. The van der Waals surface area contributed by atoms with Crippen LogP contribution in [0.1, 0.15) is 39.5 Å². The van der Waals surface area contributed by atoms with Crippen molar-refractivity contribution in [3.8, 4) is 0 Å². The third-order valence-corrected chi connectivity index (χ3v) is 3.45. The molecule has 1 atom stereocenters. The Bertz CT molecular complexity index is 261. The van der Waals surface area contributed by atoms with Crippen molar-refractivity contribution >= 4 is 5.91 Å². The molecule has 0 aromatic rings. The smallest absolute Gasteiger partial charge is 0.234 e. The van der Waals surface area contributed by atoms with Gasteiger partial charge in [-0.3, -0.25) is 9.69 Å². The lowest BCUT2D eigenvalue weighted by atomic mass is 10.0. The minimum atomic E-state index is -0.797. The highest BCUT2D eigenvalue weighted by atomic mass is 16.3. The summed E-state index contributed by atoms with van der Waals surface area (Å²) >= 11 is 0. The second-order valence-electron chi connectivity index (χ2n) is 5.64. The number of amides is 1. The van der Waals surface area contributed by atoms with Crippen LogP contribution in [0.25, 0.3) is 0 Å². The zero-order valence-corrected chi connectivity index (χ0v) is 11.6. The molecule has 5 nitrogen and oxygen atoms in total. The summed E-state index contributed by atoms with van der Waals surface area (Å²) in [4.78, 5) is 13.9. The number of nitrogens with two attached hydrogens (primary N) is 1. The van der Waals surface area contributed by atoms with Crippen LogP contribution in [0.15, 0.2) is 0 Å². The standard InChI is InChI=1S/C13H27N3O2/c1-3-6-13(2,18)10-15-12(17)9-16-7-4-11(14)5-8-16/h11,18H,3-10,14H2,1-2H3,(H,15,17). The first-order valence-electron chi connectivity index (χ1n) is 6.90. The van der Waals surface area contributed by atoms with Gasteiger partial charge in [-0.2, -0.15) is 0 Å². The average Bonchev–Trinajstić information content (AvgIpc) is 2.30. The van der Waals surface area contributed by atoms with E-state index in [1.165, 1.54) is 0 Å². The molecule has 1 amide bonds. The van der Waals surface area contributed by atoms with E-state index in [0.717, 1.165) is 32.4 Å². The molecule has 18 heavy (non-hydrogen) atoms. The van der Waals surface area contributed by atoms with Gasteiger partial charge in [-0.1, -0.05) is 13.3 Å². The van der Waals surface area contributed by atoms with Crippen molar-refractivity contribution in [2.75, 3.05) is 26.2 Å². The SMILES string of the molecule is CCCC(C)(O)CNC(=O)CN1CCC(N)CC1. The highest BCUT2D eigenvalue weighted by molar-refractivity contribution is 5.78. The second kappa shape index (κ2) is 7.07. The van der Waals surface area contributed by atoms with E-state index in [1.54, 1.807) is 6.92 Å². The lowest BCUT2D eigenvalue weighted by Gasteiger charge is -2.30. The monoisotopic (exact) mass is 257 g/mol. The second-order valence-corrected chi connectivity index (χ2v) is 5.64. The Hall–Kier alpha value is -0.650. The Labute approximate surface area is 110 Å². The van der Waals surface area contributed by atoms with Crippen LogP contribution in [0, 0.1) is 0 Å². The quantitative estimate of drug-likeness (QED) is 0.629. The van der Waals surface area contributed by atoms with Crippen LogP contribution in [0.5, 0.6) is 0 Å². The molecular weight excluding hydrogens is 230 g/mol. The number of rotatable bonds is 6. The van der Waals surface area contributed by atoms with Gasteiger partial charge in [-0.25, -0.2) is 0 Å². The molecule has 0 aromatic heterocycles. The summed E-state index contributed by atoms with van der Waals surface area (Å²) in [6.45, 7) is 6.30. The molecular formula is C13H27N3O2. The number of nitrogens with zero attached hydrogens (tertiary/aromatic N) is 1. The van der Waals surface area contributed by atoms with E-state index < -0.39 is 5.60 Å². The zero-order valence-electron chi connectivity index (χ0n) is 11.6. The van der Waals surface area contributed by atoms with E-state index in [9.17, 15) is 9.90 Å². The summed E-state index contributed by atoms with van der Waals surface area (Å²) in [5.74, 6) is -0.0122. The number of aliphatic hydroxyl groups is 1. The number of hydrogen-bond acceptors (Lipinski definition) is 4. The van der Waals surface area contributed by atoms with Gasteiger partial charge in [0.05, 0.1) is 12.1 Å². The van der Waals surface area contributed by atoms with Gasteiger partial charge in [0.2, 0.25) is 5.91 Å². The minimum absolute atomic E-state index is 0.0122. The van der Waals surface area contributed by atoms with Gasteiger partial charge in [0, 0.05) is 25.7 Å². The highest BCUT2D eigenvalue weighted by Gasteiger charge is 2.22. The van der Waals surface area contributed by atoms with Crippen molar-refractivity contribution in [3.63, 3.8) is 0 Å². The Balaban J connectivity index is 2.21. The van der Waals surface area contributed by atoms with Gasteiger partial charge in [-0.05, 0) is 26.2 Å². The van der Waals surface area contributed by atoms with Gasteiger partial charge in [0.1, 0.15) is 0 Å². The van der Waals surface area contributed by atoms with E-state index >= 15 is 0 Å². The minimum Gasteiger partial charge on any atom is -0.388 e. The van der Waals surface area contributed by atoms with Gasteiger partial charge in [-0.15, -0.1) is 0 Å². The maximum Gasteiger partial charge on any atom is 0.234 e. The van der Waals surface area contributed by atoms with E-state index in [2.05, 4.69) is 10.2 Å². The van der Waals surface area contributed by atoms with E-state index in [0.29, 0.717) is 19.5 Å². The molecule has 0 radical (unpaired) electrons. The molecule has 5 heteroatoms. The molecule has 1 aliphatic rings. The van der Waals surface area contributed by atoms with Crippen LogP contribution >= 0.6 is 0 Å². The van der Waals surface area contributed by atoms with Crippen LogP contribution in [-0.4, -0.2) is 53.7 Å². The normalized spacial score (nSPS) is 21.6. The Morgan fingerprint density at radius 3 is 2.67 bits per heavy atom. The summed E-state index contributed by atoms with van der Waals surface area (Å²) < 4.78 is 0. The molecule has 0 saturated carbocycles. The van der Waals surface area contributed by atoms with Gasteiger partial charge in [0.15, 0.2) is 0 Å². The number of nitrogens with one attached hydrogen (secondary N) is 1. The fourth-order valence-electron chi connectivity index (χ4n) is 2.29. The topological polar surface area (TPSA) is 78.6 Å². The molecule has 1 saturated heterocycles. The number of piperidine rings is 1. The molecule has 0 aliphatic carbocycles. The fraction of sp³-hybridized carbons (Fsp3) is 0.923. The van der Waals surface area contributed by atoms with Crippen LogP contribution in [0.2, 0.25) is 0 Å². The molecule has 0 spiro atoms. The summed E-state index contributed by atoms with van der Waals surface area (Å²) in [7, 11) is 0. The third-order valence-electron chi connectivity index (χ3n) is 3.45. The van der Waals surface area contributed by atoms with Crippen molar-refractivity contribution in [2.24, 2.45) is 5.73 Å². The largest absolute Gasteiger partial charge is 0.388 e. The molecule has 0 aromatic carbocycles. The molecule has 1 heterocycles. The first kappa shape index (κ1) is 15.4. The summed E-state index contributed by atoms with van der Waals surface area (Å²) in [5.41, 5.74) is 5.02.